The van der Waals surface area contributed by atoms with Crippen LogP contribution in [0.3, 0.4) is 0 Å². The number of hydrogen-bond acceptors (Lipinski definition) is 8. The van der Waals surface area contributed by atoms with Crippen LogP contribution in [0.2, 0.25) is 0 Å². The number of aliphatic hydroxyl groups excluding tert-OH is 1. The molecule has 0 unspecified atom stereocenters. The van der Waals surface area contributed by atoms with Crippen molar-refractivity contribution in [2.45, 2.75) is 26.8 Å². The van der Waals surface area contributed by atoms with Gasteiger partial charge in [0.1, 0.15) is 16.6 Å². The molecular weight excluding hydrogens is 461 g/mol. The lowest BCUT2D eigenvalue weighted by atomic mass is 9.95. The van der Waals surface area contributed by atoms with E-state index in [1.165, 1.54) is 17.0 Å². The molecule has 1 aliphatic heterocycles. The molecule has 1 atom stereocenters. The van der Waals surface area contributed by atoms with Crippen molar-refractivity contribution in [3.8, 4) is 11.5 Å². The summed E-state index contributed by atoms with van der Waals surface area (Å²) in [5, 5.41) is 19.9. The van der Waals surface area contributed by atoms with E-state index in [1.54, 1.807) is 25.1 Å². The van der Waals surface area contributed by atoms with Gasteiger partial charge in [0.05, 0.1) is 24.8 Å². The van der Waals surface area contributed by atoms with Gasteiger partial charge in [0.15, 0.2) is 11.5 Å². The number of amides is 1. The Hall–Kier alpha value is -3.79. The Balaban J connectivity index is 1.93. The Kier molecular flexibility index (Phi) is 6.60. The molecule has 1 fully saturated rings. The second-order valence-electron chi connectivity index (χ2n) is 7.35. The zero-order valence-corrected chi connectivity index (χ0v) is 19.6. The highest BCUT2D eigenvalue weighted by Crippen LogP contribution is 2.44. The molecule has 34 heavy (non-hydrogen) atoms. The van der Waals surface area contributed by atoms with Gasteiger partial charge in [-0.1, -0.05) is 17.4 Å². The molecule has 1 aromatic heterocycles. The molecule has 4 rings (SSSR count). The van der Waals surface area contributed by atoms with Gasteiger partial charge < -0.3 is 14.6 Å². The predicted octanol–water partition coefficient (Wildman–Crippen LogP) is 4.41. The zero-order chi connectivity index (χ0) is 24.4. The number of halogens is 1. The lowest BCUT2D eigenvalue weighted by molar-refractivity contribution is -0.132. The van der Waals surface area contributed by atoms with Crippen molar-refractivity contribution in [2.75, 3.05) is 18.1 Å². The molecule has 1 N–H and O–H groups in total. The van der Waals surface area contributed by atoms with Crippen molar-refractivity contribution >= 4 is 33.9 Å². The second kappa shape index (κ2) is 9.60. The van der Waals surface area contributed by atoms with Gasteiger partial charge in [-0.3, -0.25) is 14.5 Å². The van der Waals surface area contributed by atoms with Gasteiger partial charge in [-0.2, -0.15) is 0 Å². The number of aryl methyl sites for hydroxylation is 1. The van der Waals surface area contributed by atoms with Crippen LogP contribution in [0.15, 0.2) is 48.0 Å². The number of nitrogens with zero attached hydrogens (tertiary/aromatic N) is 3. The van der Waals surface area contributed by atoms with Crippen molar-refractivity contribution in [2.24, 2.45) is 0 Å². The Morgan fingerprint density at radius 1 is 1.06 bits per heavy atom. The number of ketones is 1. The minimum atomic E-state index is -1.01. The number of carbonyl (C=O) groups is 2. The first-order valence-electron chi connectivity index (χ1n) is 10.6. The maximum absolute atomic E-state index is 13.4. The van der Waals surface area contributed by atoms with Gasteiger partial charge in [-0.05, 0) is 62.7 Å². The number of carbonyl (C=O) groups excluding carboxylic acids is 2. The van der Waals surface area contributed by atoms with Crippen molar-refractivity contribution < 1.29 is 28.6 Å². The van der Waals surface area contributed by atoms with Crippen LogP contribution in [-0.4, -0.2) is 40.2 Å². The normalized spacial score (nSPS) is 17.3. The number of aliphatic hydroxyl groups is 1. The fraction of sp³-hybridized carbons (Fsp3) is 0.250. The number of ether oxygens (including phenoxy) is 2. The number of anilines is 1. The van der Waals surface area contributed by atoms with E-state index < -0.39 is 29.3 Å². The molecule has 1 amide bonds. The third-order valence-corrected chi connectivity index (χ3v) is 6.00. The average molecular weight is 484 g/mol. The van der Waals surface area contributed by atoms with Crippen LogP contribution in [0.4, 0.5) is 9.52 Å². The summed E-state index contributed by atoms with van der Waals surface area (Å²) >= 11 is 1.15. The summed E-state index contributed by atoms with van der Waals surface area (Å²) in [6.45, 7) is 6.20. The molecule has 0 radical (unpaired) electrons. The van der Waals surface area contributed by atoms with Crippen LogP contribution in [-0.2, 0) is 9.59 Å². The van der Waals surface area contributed by atoms with Crippen molar-refractivity contribution in [3.63, 3.8) is 0 Å². The van der Waals surface area contributed by atoms with Crippen LogP contribution < -0.4 is 14.4 Å². The van der Waals surface area contributed by atoms with E-state index in [1.807, 2.05) is 13.8 Å². The van der Waals surface area contributed by atoms with Crippen LogP contribution in [0.5, 0.6) is 11.5 Å². The molecule has 0 spiro atoms. The summed E-state index contributed by atoms with van der Waals surface area (Å²) in [5.74, 6) is -1.70. The first-order chi connectivity index (χ1) is 16.3. The van der Waals surface area contributed by atoms with E-state index in [-0.39, 0.29) is 16.3 Å². The fourth-order valence-electron chi connectivity index (χ4n) is 3.73. The molecule has 176 valence electrons. The molecule has 8 nitrogen and oxygen atoms in total. The summed E-state index contributed by atoms with van der Waals surface area (Å²) in [4.78, 5) is 27.5. The van der Waals surface area contributed by atoms with E-state index in [9.17, 15) is 19.1 Å². The molecule has 3 aromatic rings. The number of benzene rings is 2. The quantitative estimate of drug-likeness (QED) is 0.302. The Morgan fingerprint density at radius 2 is 1.74 bits per heavy atom. The Morgan fingerprint density at radius 3 is 2.35 bits per heavy atom. The SMILES string of the molecule is CCOc1ccc([C@@H]2C(=C(O)c3ccc(F)cc3)C(=O)C(=O)N2c2nnc(C)s2)cc1OCC. The van der Waals surface area contributed by atoms with E-state index in [4.69, 9.17) is 9.47 Å². The minimum absolute atomic E-state index is 0.143. The monoisotopic (exact) mass is 483 g/mol. The van der Waals surface area contributed by atoms with E-state index in [2.05, 4.69) is 10.2 Å². The first-order valence-corrected chi connectivity index (χ1v) is 11.4. The molecule has 1 aliphatic rings. The van der Waals surface area contributed by atoms with Gasteiger partial charge in [0.2, 0.25) is 5.13 Å². The van der Waals surface area contributed by atoms with Crippen molar-refractivity contribution in [1.29, 1.82) is 0 Å². The van der Waals surface area contributed by atoms with Crippen LogP contribution in [0.25, 0.3) is 5.76 Å². The van der Waals surface area contributed by atoms with Gasteiger partial charge in [-0.15, -0.1) is 10.2 Å². The topological polar surface area (TPSA) is 102 Å². The highest BCUT2D eigenvalue weighted by Gasteiger charge is 2.48. The fourth-order valence-corrected chi connectivity index (χ4v) is 4.44. The maximum Gasteiger partial charge on any atom is 0.301 e. The smallest absolute Gasteiger partial charge is 0.301 e. The Bertz CT molecular complexity index is 1270. The van der Waals surface area contributed by atoms with Crippen molar-refractivity contribution in [1.82, 2.24) is 10.2 Å². The summed E-state index contributed by atoms with van der Waals surface area (Å²) in [6.07, 6.45) is 0. The molecule has 1 saturated heterocycles. The van der Waals surface area contributed by atoms with E-state index in [0.717, 1.165) is 23.5 Å². The van der Waals surface area contributed by atoms with Crippen molar-refractivity contribution in [3.05, 3.63) is 70.0 Å². The van der Waals surface area contributed by atoms with Crippen LogP contribution in [0.1, 0.15) is 36.0 Å². The number of Topliss-reactive ketones (excluding diaryl/α,β-unsaturated/α-hetero) is 1. The molecular formula is C24H22FN3O5S. The van der Waals surface area contributed by atoms with Crippen LogP contribution in [0, 0.1) is 12.7 Å². The summed E-state index contributed by atoms with van der Waals surface area (Å²) in [5.41, 5.74) is 0.562. The highest BCUT2D eigenvalue weighted by molar-refractivity contribution is 7.15. The van der Waals surface area contributed by atoms with E-state index >= 15 is 0 Å². The summed E-state index contributed by atoms with van der Waals surface area (Å²) < 4.78 is 24.8. The Labute approximate surface area is 199 Å². The van der Waals surface area contributed by atoms with Gasteiger partial charge in [0, 0.05) is 5.56 Å². The molecule has 10 heteroatoms. The zero-order valence-electron chi connectivity index (χ0n) is 18.7. The maximum atomic E-state index is 13.4. The molecule has 0 saturated carbocycles. The van der Waals surface area contributed by atoms with E-state index in [0.29, 0.717) is 35.3 Å². The number of aromatic nitrogens is 2. The third-order valence-electron chi connectivity index (χ3n) is 5.17. The average Bonchev–Trinajstić information content (AvgIpc) is 3.36. The summed E-state index contributed by atoms with van der Waals surface area (Å²) in [6, 6.07) is 9.06. The number of rotatable bonds is 7. The van der Waals surface area contributed by atoms with Gasteiger partial charge in [-0.25, -0.2) is 4.39 Å². The first kappa shape index (κ1) is 23.4. The van der Waals surface area contributed by atoms with Crippen LogP contribution >= 0.6 is 11.3 Å². The molecule has 0 aliphatic carbocycles. The standard InChI is InChI=1S/C24H22FN3O5S/c1-4-32-17-11-8-15(12-18(17)33-5-2)20-19(21(29)14-6-9-16(25)10-7-14)22(30)23(31)28(20)24-27-26-13(3)34-24/h6-12,20,29H,4-5H2,1-3H3/t20-/m1/s1. The third kappa shape index (κ3) is 4.24. The molecule has 2 heterocycles. The number of hydrogen-bond donors (Lipinski definition) is 1. The minimum Gasteiger partial charge on any atom is -0.507 e. The lowest BCUT2D eigenvalue weighted by Crippen LogP contribution is -2.29. The van der Waals surface area contributed by atoms with Gasteiger partial charge >= 0.3 is 5.91 Å². The molecule has 0 bridgehead atoms. The largest absolute Gasteiger partial charge is 0.507 e. The second-order valence-corrected chi connectivity index (χ2v) is 8.51. The summed E-state index contributed by atoms with van der Waals surface area (Å²) in [7, 11) is 0. The van der Waals surface area contributed by atoms with Gasteiger partial charge in [0.25, 0.3) is 5.78 Å². The predicted molar refractivity (Wildman–Crippen MR) is 125 cm³/mol. The highest BCUT2D eigenvalue weighted by atomic mass is 32.1. The lowest BCUT2D eigenvalue weighted by Gasteiger charge is -2.23. The molecule has 2 aromatic carbocycles.